The predicted octanol–water partition coefficient (Wildman–Crippen LogP) is 1.22. The molecule has 0 unspecified atom stereocenters. The van der Waals surface area contributed by atoms with Crippen LogP contribution >= 0.6 is 0 Å². The highest BCUT2D eigenvalue weighted by atomic mass is 16.5. The summed E-state index contributed by atoms with van der Waals surface area (Å²) in [5.41, 5.74) is 2.43. The van der Waals surface area contributed by atoms with Gasteiger partial charge in [0, 0.05) is 38.0 Å². The van der Waals surface area contributed by atoms with Crippen LogP contribution in [0.2, 0.25) is 0 Å². The van der Waals surface area contributed by atoms with E-state index < -0.39 is 11.8 Å². The lowest BCUT2D eigenvalue weighted by Gasteiger charge is -2.28. The van der Waals surface area contributed by atoms with E-state index in [2.05, 4.69) is 10.6 Å². The van der Waals surface area contributed by atoms with Gasteiger partial charge < -0.3 is 20.3 Å². The van der Waals surface area contributed by atoms with E-state index in [-0.39, 0.29) is 12.0 Å². The molecule has 2 aliphatic rings. The first-order chi connectivity index (χ1) is 12.0. The normalized spacial score (nSPS) is 19.2. The van der Waals surface area contributed by atoms with Gasteiger partial charge in [0.25, 0.3) is 0 Å². The Balaban J connectivity index is 1.59. The molecule has 1 aromatic carbocycles. The van der Waals surface area contributed by atoms with Gasteiger partial charge in [-0.25, -0.2) is 0 Å². The summed E-state index contributed by atoms with van der Waals surface area (Å²) in [5.74, 6) is -1.36. The fraction of sp³-hybridized carbons (Fsp3) is 0.500. The number of aryl methyl sites for hydroxylation is 1. The second-order valence-corrected chi connectivity index (χ2v) is 6.42. The summed E-state index contributed by atoms with van der Waals surface area (Å²) in [7, 11) is 0. The average Bonchev–Trinajstić information content (AvgIpc) is 3.12. The molecule has 7 heteroatoms. The van der Waals surface area contributed by atoms with Crippen molar-refractivity contribution in [1.29, 1.82) is 0 Å². The Hall–Kier alpha value is -2.41. The first-order valence-corrected chi connectivity index (χ1v) is 8.66. The number of benzene rings is 1. The smallest absolute Gasteiger partial charge is 0.313 e. The van der Waals surface area contributed by atoms with Gasteiger partial charge >= 0.3 is 11.8 Å². The molecule has 0 aromatic heterocycles. The number of nitrogens with zero attached hydrogens (tertiary/aromatic N) is 1. The highest BCUT2D eigenvalue weighted by Gasteiger charge is 2.22. The first-order valence-electron chi connectivity index (χ1n) is 8.66. The van der Waals surface area contributed by atoms with Crippen molar-refractivity contribution >= 4 is 29.1 Å². The molecule has 2 heterocycles. The standard InChI is InChI=1S/C18H23N3O4/c1-12(22)21-8-2-4-13-10-14(6-7-16(13)21)20-18(24)17(23)19-11-15-5-3-9-25-15/h6-7,10,15H,2-5,8-9,11H2,1H3,(H,19,23)(H,20,24)/t15-/m0/s1. The van der Waals surface area contributed by atoms with E-state index in [0.717, 1.165) is 36.9 Å². The minimum Gasteiger partial charge on any atom is -0.376 e. The number of carbonyl (C=O) groups excluding carboxylic acids is 3. The maximum atomic E-state index is 12.0. The van der Waals surface area contributed by atoms with E-state index in [9.17, 15) is 14.4 Å². The summed E-state index contributed by atoms with van der Waals surface area (Å²) in [4.78, 5) is 37.4. The zero-order valence-electron chi connectivity index (χ0n) is 14.3. The first kappa shape index (κ1) is 17.4. The summed E-state index contributed by atoms with van der Waals surface area (Å²) in [6, 6.07) is 5.36. The summed E-state index contributed by atoms with van der Waals surface area (Å²) in [5, 5.41) is 5.22. The molecule has 1 aromatic rings. The second-order valence-electron chi connectivity index (χ2n) is 6.42. The van der Waals surface area contributed by atoms with Crippen LogP contribution in [-0.4, -0.2) is 43.5 Å². The Morgan fingerprint density at radius 3 is 2.80 bits per heavy atom. The number of carbonyl (C=O) groups is 3. The number of amides is 3. The van der Waals surface area contributed by atoms with Gasteiger partial charge in [0.2, 0.25) is 5.91 Å². The second kappa shape index (κ2) is 7.65. The molecule has 1 fully saturated rings. The minimum atomic E-state index is -0.697. The molecule has 25 heavy (non-hydrogen) atoms. The number of hydrogen-bond acceptors (Lipinski definition) is 4. The summed E-state index contributed by atoms with van der Waals surface area (Å²) in [6.07, 6.45) is 3.61. The highest BCUT2D eigenvalue weighted by Crippen LogP contribution is 2.29. The van der Waals surface area contributed by atoms with Crippen molar-refractivity contribution in [3.8, 4) is 0 Å². The van der Waals surface area contributed by atoms with Gasteiger partial charge in [-0.2, -0.15) is 0 Å². The Morgan fingerprint density at radius 2 is 2.08 bits per heavy atom. The van der Waals surface area contributed by atoms with Crippen molar-refractivity contribution in [2.24, 2.45) is 0 Å². The van der Waals surface area contributed by atoms with Crippen molar-refractivity contribution in [2.75, 3.05) is 29.9 Å². The Labute approximate surface area is 146 Å². The zero-order chi connectivity index (χ0) is 17.8. The maximum absolute atomic E-state index is 12.0. The third-order valence-corrected chi connectivity index (χ3v) is 4.56. The molecular weight excluding hydrogens is 322 g/mol. The van der Waals surface area contributed by atoms with E-state index in [0.29, 0.717) is 25.4 Å². The van der Waals surface area contributed by atoms with E-state index >= 15 is 0 Å². The fourth-order valence-corrected chi connectivity index (χ4v) is 3.28. The molecule has 134 valence electrons. The van der Waals surface area contributed by atoms with Crippen LogP contribution in [0, 0.1) is 0 Å². The third kappa shape index (κ3) is 4.17. The van der Waals surface area contributed by atoms with Crippen LogP contribution in [0.1, 0.15) is 31.7 Å². The van der Waals surface area contributed by atoms with E-state index in [4.69, 9.17) is 4.74 Å². The lowest BCUT2D eigenvalue weighted by molar-refractivity contribution is -0.136. The Bertz CT molecular complexity index is 683. The minimum absolute atomic E-state index is 0.00180. The summed E-state index contributed by atoms with van der Waals surface area (Å²) >= 11 is 0. The monoisotopic (exact) mass is 345 g/mol. The molecule has 2 aliphatic heterocycles. The van der Waals surface area contributed by atoms with Crippen LogP contribution in [-0.2, 0) is 25.5 Å². The van der Waals surface area contributed by atoms with Crippen molar-refractivity contribution in [1.82, 2.24) is 5.32 Å². The van der Waals surface area contributed by atoms with Gasteiger partial charge in [-0.05, 0) is 49.4 Å². The van der Waals surface area contributed by atoms with Crippen LogP contribution in [0.5, 0.6) is 0 Å². The topological polar surface area (TPSA) is 87.7 Å². The molecule has 0 aliphatic carbocycles. The summed E-state index contributed by atoms with van der Waals surface area (Å²) < 4.78 is 5.41. The van der Waals surface area contributed by atoms with Gasteiger partial charge in [-0.1, -0.05) is 0 Å². The van der Waals surface area contributed by atoms with Crippen molar-refractivity contribution in [3.05, 3.63) is 23.8 Å². The highest BCUT2D eigenvalue weighted by molar-refractivity contribution is 6.39. The summed E-state index contributed by atoms with van der Waals surface area (Å²) in [6.45, 7) is 3.31. The molecule has 0 bridgehead atoms. The molecule has 0 spiro atoms. The van der Waals surface area contributed by atoms with Gasteiger partial charge in [-0.15, -0.1) is 0 Å². The Kier molecular flexibility index (Phi) is 5.33. The lowest BCUT2D eigenvalue weighted by Crippen LogP contribution is -2.39. The molecule has 7 nitrogen and oxygen atoms in total. The molecule has 3 amide bonds. The predicted molar refractivity (Wildman–Crippen MR) is 93.4 cm³/mol. The van der Waals surface area contributed by atoms with Gasteiger partial charge in [0.1, 0.15) is 0 Å². The SMILES string of the molecule is CC(=O)N1CCCc2cc(NC(=O)C(=O)NC[C@@H]3CCCO3)ccc21. The number of anilines is 2. The van der Waals surface area contributed by atoms with E-state index in [1.54, 1.807) is 17.9 Å². The number of hydrogen-bond donors (Lipinski definition) is 2. The maximum Gasteiger partial charge on any atom is 0.313 e. The molecule has 2 N–H and O–H groups in total. The number of rotatable bonds is 3. The van der Waals surface area contributed by atoms with Crippen LogP contribution < -0.4 is 15.5 Å². The van der Waals surface area contributed by atoms with Gasteiger partial charge in [0.15, 0.2) is 0 Å². The molecular formula is C18H23N3O4. The van der Waals surface area contributed by atoms with Crippen LogP contribution in [0.25, 0.3) is 0 Å². The van der Waals surface area contributed by atoms with Crippen LogP contribution in [0.15, 0.2) is 18.2 Å². The molecule has 1 atom stereocenters. The molecule has 0 saturated carbocycles. The van der Waals surface area contributed by atoms with E-state index in [1.165, 1.54) is 0 Å². The zero-order valence-corrected chi connectivity index (χ0v) is 14.3. The van der Waals surface area contributed by atoms with Crippen molar-refractivity contribution in [2.45, 2.75) is 38.7 Å². The van der Waals surface area contributed by atoms with Crippen LogP contribution in [0.3, 0.4) is 0 Å². The number of ether oxygens (including phenoxy) is 1. The van der Waals surface area contributed by atoms with Gasteiger partial charge in [0.05, 0.1) is 6.10 Å². The molecule has 0 radical (unpaired) electrons. The average molecular weight is 345 g/mol. The van der Waals surface area contributed by atoms with Crippen molar-refractivity contribution in [3.63, 3.8) is 0 Å². The number of nitrogens with one attached hydrogen (secondary N) is 2. The Morgan fingerprint density at radius 1 is 1.24 bits per heavy atom. The van der Waals surface area contributed by atoms with Gasteiger partial charge in [-0.3, -0.25) is 14.4 Å². The fourth-order valence-electron chi connectivity index (χ4n) is 3.28. The number of fused-ring (bicyclic) bond motifs is 1. The molecule has 3 rings (SSSR count). The third-order valence-electron chi connectivity index (χ3n) is 4.56. The van der Waals surface area contributed by atoms with E-state index in [1.807, 2.05) is 12.1 Å². The lowest BCUT2D eigenvalue weighted by atomic mass is 10.0. The van der Waals surface area contributed by atoms with Crippen LogP contribution in [0.4, 0.5) is 11.4 Å². The quantitative estimate of drug-likeness (QED) is 0.807. The molecule has 1 saturated heterocycles. The van der Waals surface area contributed by atoms with Crippen molar-refractivity contribution < 1.29 is 19.1 Å². The largest absolute Gasteiger partial charge is 0.376 e.